The van der Waals surface area contributed by atoms with Gasteiger partial charge in [-0.25, -0.2) is 0 Å². The summed E-state index contributed by atoms with van der Waals surface area (Å²) in [4.78, 5) is 8.65. The molecule has 12 heavy (non-hydrogen) atoms. The third-order valence-electron chi connectivity index (χ3n) is 1.71. The van der Waals surface area contributed by atoms with Gasteiger partial charge in [-0.3, -0.25) is 9.98 Å². The van der Waals surface area contributed by atoms with Crippen molar-refractivity contribution in [3.63, 3.8) is 0 Å². The maximum Gasteiger partial charge on any atom is 0.0745 e. The van der Waals surface area contributed by atoms with Gasteiger partial charge in [0.2, 0.25) is 0 Å². The van der Waals surface area contributed by atoms with Crippen LogP contribution in [0.2, 0.25) is 0 Å². The number of hydrogen-bond donors (Lipinski definition) is 0. The lowest BCUT2D eigenvalue weighted by molar-refractivity contribution is 0.638. The van der Waals surface area contributed by atoms with Gasteiger partial charge in [0.15, 0.2) is 0 Å². The van der Waals surface area contributed by atoms with E-state index in [0.717, 1.165) is 0 Å². The van der Waals surface area contributed by atoms with Crippen LogP contribution < -0.4 is 0 Å². The predicted molar refractivity (Wildman–Crippen MR) is 54.0 cm³/mol. The Morgan fingerprint density at radius 3 is 2.33 bits per heavy atom. The highest BCUT2D eigenvalue weighted by molar-refractivity contribution is 5.88. The van der Waals surface area contributed by atoms with Gasteiger partial charge in [0.05, 0.1) is 5.54 Å². The molecule has 2 heteroatoms. The first kappa shape index (κ1) is 9.17. The first-order valence-electron chi connectivity index (χ1n) is 4.20. The summed E-state index contributed by atoms with van der Waals surface area (Å²) in [6, 6.07) is 0. The quantitative estimate of drug-likeness (QED) is 0.525. The van der Waals surface area contributed by atoms with Gasteiger partial charge in [-0.15, -0.1) is 0 Å². The van der Waals surface area contributed by atoms with Crippen LogP contribution in [0.3, 0.4) is 0 Å². The molecular weight excluding hydrogens is 148 g/mol. The van der Waals surface area contributed by atoms with E-state index >= 15 is 0 Å². The summed E-state index contributed by atoms with van der Waals surface area (Å²) in [6.07, 6.45) is 7.68. The predicted octanol–water partition coefficient (Wildman–Crippen LogP) is 2.46. The van der Waals surface area contributed by atoms with Crippen molar-refractivity contribution < 1.29 is 0 Å². The van der Waals surface area contributed by atoms with Crippen LogP contribution in [0, 0.1) is 5.41 Å². The maximum absolute atomic E-state index is 4.47. The average Bonchev–Trinajstić information content (AvgIpc) is 1.94. The Morgan fingerprint density at radius 1 is 1.00 bits per heavy atom. The summed E-state index contributed by atoms with van der Waals surface area (Å²) in [6.45, 7) is 8.32. The van der Waals surface area contributed by atoms with Gasteiger partial charge >= 0.3 is 0 Å². The van der Waals surface area contributed by atoms with Crippen LogP contribution in [0.15, 0.2) is 22.3 Å². The Bertz CT molecular complexity index is 219. The zero-order valence-corrected chi connectivity index (χ0v) is 8.20. The second-order valence-corrected chi connectivity index (χ2v) is 4.33. The molecule has 0 radical (unpaired) electrons. The SMILES string of the molecule is CC1(C)C=NC=CC(C)(C)N=C1. The van der Waals surface area contributed by atoms with Gasteiger partial charge in [-0.05, 0) is 33.8 Å². The van der Waals surface area contributed by atoms with Crippen LogP contribution in [-0.4, -0.2) is 18.0 Å². The highest BCUT2D eigenvalue weighted by Crippen LogP contribution is 2.17. The van der Waals surface area contributed by atoms with Crippen LogP contribution in [0.4, 0.5) is 0 Å². The normalized spacial score (nSPS) is 25.0. The topological polar surface area (TPSA) is 24.7 Å². The average molecular weight is 164 g/mol. The molecule has 0 aromatic heterocycles. The van der Waals surface area contributed by atoms with Gasteiger partial charge in [0.25, 0.3) is 0 Å². The molecule has 0 aromatic carbocycles. The molecule has 1 aliphatic heterocycles. The Balaban J connectivity index is 2.97. The lowest BCUT2D eigenvalue weighted by Gasteiger charge is -2.20. The third-order valence-corrected chi connectivity index (χ3v) is 1.71. The molecule has 0 amide bonds. The van der Waals surface area contributed by atoms with Crippen molar-refractivity contribution in [3.05, 3.63) is 12.3 Å². The molecule has 1 heterocycles. The Kier molecular flexibility index (Phi) is 2.18. The molecule has 0 atom stereocenters. The van der Waals surface area contributed by atoms with Crippen molar-refractivity contribution in [2.45, 2.75) is 33.2 Å². The highest BCUT2D eigenvalue weighted by atomic mass is 14.8. The van der Waals surface area contributed by atoms with E-state index in [9.17, 15) is 0 Å². The fourth-order valence-electron chi connectivity index (χ4n) is 0.870. The maximum atomic E-state index is 4.47. The van der Waals surface area contributed by atoms with E-state index in [-0.39, 0.29) is 11.0 Å². The van der Waals surface area contributed by atoms with Crippen molar-refractivity contribution >= 4 is 12.4 Å². The molecular formula is C10H16N2. The van der Waals surface area contributed by atoms with E-state index < -0.39 is 0 Å². The van der Waals surface area contributed by atoms with Crippen molar-refractivity contribution in [2.24, 2.45) is 15.4 Å². The van der Waals surface area contributed by atoms with Crippen molar-refractivity contribution in [2.75, 3.05) is 0 Å². The molecule has 2 nitrogen and oxygen atoms in total. The van der Waals surface area contributed by atoms with Crippen LogP contribution >= 0.6 is 0 Å². The Hall–Kier alpha value is -0.920. The molecule has 0 aromatic rings. The van der Waals surface area contributed by atoms with E-state index in [2.05, 4.69) is 37.7 Å². The van der Waals surface area contributed by atoms with E-state index in [0.29, 0.717) is 0 Å². The third kappa shape index (κ3) is 2.61. The van der Waals surface area contributed by atoms with E-state index in [1.54, 1.807) is 0 Å². The molecule has 1 rings (SSSR count). The molecule has 0 spiro atoms. The standard InChI is InChI=1S/C10H16N2/c1-9(2)7-11-6-5-10(3,4)12-8-9/h5-8H,1-4H3. The van der Waals surface area contributed by atoms with Crippen LogP contribution in [0.1, 0.15) is 27.7 Å². The first-order valence-corrected chi connectivity index (χ1v) is 4.20. The molecule has 0 N–H and O–H groups in total. The van der Waals surface area contributed by atoms with E-state index in [4.69, 9.17) is 0 Å². The van der Waals surface area contributed by atoms with Crippen molar-refractivity contribution in [3.8, 4) is 0 Å². The summed E-state index contributed by atoms with van der Waals surface area (Å²) in [5, 5.41) is 0. The molecule has 66 valence electrons. The van der Waals surface area contributed by atoms with Gasteiger partial charge in [0, 0.05) is 24.0 Å². The number of rotatable bonds is 0. The largest absolute Gasteiger partial charge is 0.286 e. The number of aliphatic imine (C=N–C) groups is 2. The smallest absolute Gasteiger partial charge is 0.0745 e. The minimum atomic E-state index is -0.116. The number of hydrogen-bond acceptors (Lipinski definition) is 2. The molecule has 0 saturated carbocycles. The Labute approximate surface area is 74.1 Å². The van der Waals surface area contributed by atoms with E-state index in [1.807, 2.05) is 24.7 Å². The van der Waals surface area contributed by atoms with Crippen LogP contribution in [-0.2, 0) is 0 Å². The lowest BCUT2D eigenvalue weighted by Crippen LogP contribution is -2.21. The van der Waals surface area contributed by atoms with E-state index in [1.165, 1.54) is 0 Å². The Morgan fingerprint density at radius 2 is 1.67 bits per heavy atom. The minimum Gasteiger partial charge on any atom is -0.286 e. The second-order valence-electron chi connectivity index (χ2n) is 4.33. The highest BCUT2D eigenvalue weighted by Gasteiger charge is 2.17. The van der Waals surface area contributed by atoms with Crippen LogP contribution in [0.25, 0.3) is 0 Å². The summed E-state index contributed by atoms with van der Waals surface area (Å²) >= 11 is 0. The molecule has 0 aliphatic carbocycles. The van der Waals surface area contributed by atoms with Gasteiger partial charge in [0.1, 0.15) is 0 Å². The van der Waals surface area contributed by atoms with Crippen LogP contribution in [0.5, 0.6) is 0 Å². The zero-order valence-electron chi connectivity index (χ0n) is 8.20. The molecule has 0 fully saturated rings. The fraction of sp³-hybridized carbons (Fsp3) is 0.600. The summed E-state index contributed by atoms with van der Waals surface area (Å²) in [5.74, 6) is 0. The molecule has 0 unspecified atom stereocenters. The first-order chi connectivity index (χ1) is 5.41. The van der Waals surface area contributed by atoms with Gasteiger partial charge in [-0.1, -0.05) is 0 Å². The van der Waals surface area contributed by atoms with Gasteiger partial charge < -0.3 is 0 Å². The van der Waals surface area contributed by atoms with Crippen molar-refractivity contribution in [1.82, 2.24) is 0 Å². The number of nitrogens with zero attached hydrogens (tertiary/aromatic N) is 2. The van der Waals surface area contributed by atoms with Gasteiger partial charge in [-0.2, -0.15) is 0 Å². The summed E-state index contributed by atoms with van der Waals surface area (Å²) in [5.41, 5.74) is -0.142. The van der Waals surface area contributed by atoms with Crippen molar-refractivity contribution in [1.29, 1.82) is 0 Å². The lowest BCUT2D eigenvalue weighted by atomic mass is 9.95. The monoisotopic (exact) mass is 164 g/mol. The zero-order chi connectivity index (χ0) is 9.24. The summed E-state index contributed by atoms with van der Waals surface area (Å²) in [7, 11) is 0. The molecule has 0 saturated heterocycles. The molecule has 0 bridgehead atoms. The molecule has 1 aliphatic rings. The second kappa shape index (κ2) is 2.85. The fourth-order valence-corrected chi connectivity index (χ4v) is 0.870. The summed E-state index contributed by atoms with van der Waals surface area (Å²) < 4.78 is 0. The minimum absolute atomic E-state index is 0.0258.